The Hall–Kier alpha value is -2.49. The van der Waals surface area contributed by atoms with Crippen LogP contribution in [0.4, 0.5) is 10.1 Å². The first-order valence-electron chi connectivity index (χ1n) is 8.20. The molecule has 1 N–H and O–H groups in total. The van der Waals surface area contributed by atoms with Gasteiger partial charge in [0.2, 0.25) is 0 Å². The lowest BCUT2D eigenvalue weighted by atomic mass is 9.92. The molecule has 0 aliphatic carbocycles. The number of halogens is 1. The molecule has 2 aromatic rings. The maximum atomic E-state index is 13.2. The van der Waals surface area contributed by atoms with E-state index in [0.717, 1.165) is 12.0 Å². The van der Waals surface area contributed by atoms with Crippen molar-refractivity contribution < 1.29 is 14.0 Å². The van der Waals surface area contributed by atoms with Crippen molar-refractivity contribution in [1.82, 2.24) is 0 Å². The average molecular weight is 327 g/mol. The molecule has 2 rings (SSSR count). The van der Waals surface area contributed by atoms with Crippen LogP contribution in [0.15, 0.2) is 42.5 Å². The molecule has 0 bridgehead atoms. The molecule has 1 amide bonds. The number of carbonyl (C=O) groups is 2. The third-order valence-corrected chi connectivity index (χ3v) is 4.16. The van der Waals surface area contributed by atoms with Crippen LogP contribution in [0.2, 0.25) is 0 Å². The number of carbonyl (C=O) groups excluding carboxylic acids is 2. The van der Waals surface area contributed by atoms with Gasteiger partial charge in [0.05, 0.1) is 0 Å². The van der Waals surface area contributed by atoms with Crippen molar-refractivity contribution in [2.75, 3.05) is 5.32 Å². The van der Waals surface area contributed by atoms with Crippen LogP contribution in [0.25, 0.3) is 0 Å². The maximum Gasteiger partial charge on any atom is 0.255 e. The molecule has 0 heterocycles. The molecule has 126 valence electrons. The molecule has 0 fully saturated rings. The van der Waals surface area contributed by atoms with Gasteiger partial charge in [0.25, 0.3) is 5.91 Å². The van der Waals surface area contributed by atoms with Gasteiger partial charge in [0.1, 0.15) is 5.82 Å². The minimum atomic E-state index is -0.452. The number of Topliss-reactive ketones (excluding diaryl/α,β-unsaturated/α-hetero) is 1. The minimum Gasteiger partial charge on any atom is -0.322 e. The van der Waals surface area contributed by atoms with Gasteiger partial charge in [-0.05, 0) is 54.8 Å². The number of anilines is 1. The van der Waals surface area contributed by atoms with E-state index in [-0.39, 0.29) is 23.2 Å². The lowest BCUT2D eigenvalue weighted by Crippen LogP contribution is -2.15. The van der Waals surface area contributed by atoms with Crippen molar-refractivity contribution in [3.63, 3.8) is 0 Å². The standard InChI is InChI=1S/C20H22FNO2/c1-4-13(3)19(23)18-10-9-17(12-14(18)5-2)22-20(24)15-7-6-8-16(21)11-15/h6-13H,4-5H2,1-3H3,(H,22,24). The van der Waals surface area contributed by atoms with Crippen LogP contribution in [0.5, 0.6) is 0 Å². The van der Waals surface area contributed by atoms with E-state index in [1.807, 2.05) is 26.8 Å². The zero-order valence-electron chi connectivity index (χ0n) is 14.2. The summed E-state index contributed by atoms with van der Waals surface area (Å²) in [5, 5.41) is 2.75. The summed E-state index contributed by atoms with van der Waals surface area (Å²) in [6, 6.07) is 10.8. The van der Waals surface area contributed by atoms with Gasteiger partial charge in [0.15, 0.2) is 5.78 Å². The Morgan fingerprint density at radius 2 is 1.88 bits per heavy atom. The average Bonchev–Trinajstić information content (AvgIpc) is 2.60. The quantitative estimate of drug-likeness (QED) is 0.769. The smallest absolute Gasteiger partial charge is 0.255 e. The lowest BCUT2D eigenvalue weighted by Gasteiger charge is -2.13. The van der Waals surface area contributed by atoms with E-state index in [1.165, 1.54) is 18.2 Å². The molecule has 3 nitrogen and oxygen atoms in total. The molecule has 0 saturated heterocycles. The Morgan fingerprint density at radius 1 is 1.12 bits per heavy atom. The molecule has 1 atom stereocenters. The van der Waals surface area contributed by atoms with Gasteiger partial charge in [-0.2, -0.15) is 0 Å². The summed E-state index contributed by atoms with van der Waals surface area (Å²) in [6.45, 7) is 5.88. The first-order chi connectivity index (χ1) is 11.5. The van der Waals surface area contributed by atoms with Gasteiger partial charge in [-0.1, -0.05) is 26.8 Å². The van der Waals surface area contributed by atoms with Crippen LogP contribution in [-0.4, -0.2) is 11.7 Å². The second kappa shape index (κ2) is 7.86. The van der Waals surface area contributed by atoms with E-state index in [1.54, 1.807) is 18.2 Å². The molecule has 2 aromatic carbocycles. The highest BCUT2D eigenvalue weighted by Crippen LogP contribution is 2.21. The monoisotopic (exact) mass is 327 g/mol. The van der Waals surface area contributed by atoms with Crippen LogP contribution in [-0.2, 0) is 6.42 Å². The summed E-state index contributed by atoms with van der Waals surface area (Å²) in [4.78, 5) is 24.6. The summed E-state index contributed by atoms with van der Waals surface area (Å²) in [5.74, 6) is -0.732. The van der Waals surface area contributed by atoms with Crippen molar-refractivity contribution in [3.05, 3.63) is 65.0 Å². The molecule has 0 radical (unpaired) electrons. The highest BCUT2D eigenvalue weighted by atomic mass is 19.1. The zero-order chi connectivity index (χ0) is 17.7. The van der Waals surface area contributed by atoms with Crippen LogP contribution >= 0.6 is 0 Å². The fraction of sp³-hybridized carbons (Fsp3) is 0.300. The van der Waals surface area contributed by atoms with Crippen LogP contribution in [0.3, 0.4) is 0 Å². The van der Waals surface area contributed by atoms with Crippen molar-refractivity contribution >= 4 is 17.4 Å². The van der Waals surface area contributed by atoms with E-state index in [4.69, 9.17) is 0 Å². The van der Waals surface area contributed by atoms with Crippen molar-refractivity contribution in [2.45, 2.75) is 33.6 Å². The third-order valence-electron chi connectivity index (χ3n) is 4.16. The molecule has 24 heavy (non-hydrogen) atoms. The number of ketones is 1. The fourth-order valence-corrected chi connectivity index (χ4v) is 2.49. The molecular weight excluding hydrogens is 305 g/mol. The number of benzene rings is 2. The maximum absolute atomic E-state index is 13.2. The summed E-state index contributed by atoms with van der Waals surface area (Å²) < 4.78 is 13.2. The van der Waals surface area contributed by atoms with E-state index in [2.05, 4.69) is 5.32 Å². The number of amides is 1. The largest absolute Gasteiger partial charge is 0.322 e. The van der Waals surface area contributed by atoms with Gasteiger partial charge in [-0.25, -0.2) is 4.39 Å². The number of rotatable bonds is 6. The molecule has 1 unspecified atom stereocenters. The van der Waals surface area contributed by atoms with Gasteiger partial charge < -0.3 is 5.32 Å². The molecular formula is C20H22FNO2. The second-order valence-electron chi connectivity index (χ2n) is 5.86. The first kappa shape index (κ1) is 17.9. The van der Waals surface area contributed by atoms with Crippen molar-refractivity contribution in [2.24, 2.45) is 5.92 Å². The van der Waals surface area contributed by atoms with Crippen molar-refractivity contribution in [1.29, 1.82) is 0 Å². The molecule has 0 spiro atoms. The van der Waals surface area contributed by atoms with E-state index in [0.29, 0.717) is 17.7 Å². The molecule has 0 aliphatic rings. The van der Waals surface area contributed by atoms with E-state index < -0.39 is 5.82 Å². The Morgan fingerprint density at radius 3 is 2.50 bits per heavy atom. The number of hydrogen-bond acceptors (Lipinski definition) is 2. The van der Waals surface area contributed by atoms with E-state index in [9.17, 15) is 14.0 Å². The minimum absolute atomic E-state index is 0.0250. The van der Waals surface area contributed by atoms with E-state index >= 15 is 0 Å². The number of hydrogen-bond donors (Lipinski definition) is 1. The van der Waals surface area contributed by atoms with Crippen molar-refractivity contribution in [3.8, 4) is 0 Å². The van der Waals surface area contributed by atoms with Crippen LogP contribution in [0, 0.1) is 11.7 Å². The van der Waals surface area contributed by atoms with Gasteiger partial charge >= 0.3 is 0 Å². The molecule has 4 heteroatoms. The Balaban J connectivity index is 2.23. The number of nitrogens with one attached hydrogen (secondary N) is 1. The van der Waals surface area contributed by atoms with Crippen LogP contribution < -0.4 is 5.32 Å². The Labute approximate surface area is 141 Å². The topological polar surface area (TPSA) is 46.2 Å². The SMILES string of the molecule is CCc1cc(NC(=O)c2cccc(F)c2)ccc1C(=O)C(C)CC. The fourth-order valence-electron chi connectivity index (χ4n) is 2.49. The van der Waals surface area contributed by atoms with Gasteiger partial charge in [-0.15, -0.1) is 0 Å². The zero-order valence-corrected chi connectivity index (χ0v) is 14.2. The number of aryl methyl sites for hydroxylation is 1. The highest BCUT2D eigenvalue weighted by molar-refractivity contribution is 6.05. The summed E-state index contributed by atoms with van der Waals surface area (Å²) in [5.41, 5.74) is 2.46. The van der Waals surface area contributed by atoms with Crippen LogP contribution in [0.1, 0.15) is 53.5 Å². The summed E-state index contributed by atoms with van der Waals surface area (Å²) in [7, 11) is 0. The first-order valence-corrected chi connectivity index (χ1v) is 8.20. The van der Waals surface area contributed by atoms with Gasteiger partial charge in [0, 0.05) is 22.7 Å². The predicted octanol–water partition coefficient (Wildman–Crippen LogP) is 4.87. The molecule has 0 saturated carbocycles. The summed E-state index contributed by atoms with van der Waals surface area (Å²) >= 11 is 0. The Kier molecular flexibility index (Phi) is 5.85. The lowest BCUT2D eigenvalue weighted by molar-refractivity contribution is 0.0926. The normalized spacial score (nSPS) is 11.8. The summed E-state index contributed by atoms with van der Waals surface area (Å²) in [6.07, 6.45) is 1.49. The molecule has 0 aromatic heterocycles. The third kappa shape index (κ3) is 4.07. The molecule has 0 aliphatic heterocycles. The van der Waals surface area contributed by atoms with Gasteiger partial charge in [-0.3, -0.25) is 9.59 Å². The predicted molar refractivity (Wildman–Crippen MR) is 94.0 cm³/mol. The Bertz CT molecular complexity index is 755. The highest BCUT2D eigenvalue weighted by Gasteiger charge is 2.17. The second-order valence-corrected chi connectivity index (χ2v) is 5.86.